The van der Waals surface area contributed by atoms with E-state index >= 15 is 0 Å². The highest BCUT2D eigenvalue weighted by molar-refractivity contribution is 5.85. The van der Waals surface area contributed by atoms with Gasteiger partial charge in [0.1, 0.15) is 0 Å². The van der Waals surface area contributed by atoms with Crippen LogP contribution in [0, 0.1) is 6.92 Å². The van der Waals surface area contributed by atoms with E-state index in [-0.39, 0.29) is 17.9 Å². The van der Waals surface area contributed by atoms with E-state index in [0.717, 1.165) is 31.1 Å². The molecular weight excluding hydrogens is 286 g/mol. The average Bonchev–Trinajstić information content (AvgIpc) is 2.92. The van der Waals surface area contributed by atoms with Crippen molar-refractivity contribution in [2.45, 2.75) is 45.1 Å². The fraction of sp³-hybridized carbons (Fsp3) is 0.500. The van der Waals surface area contributed by atoms with Gasteiger partial charge in [0.25, 0.3) is 0 Å². The number of benzene rings is 1. The molecule has 1 fully saturated rings. The van der Waals surface area contributed by atoms with Crippen LogP contribution < -0.4 is 5.32 Å². The van der Waals surface area contributed by atoms with Crippen LogP contribution in [0.25, 0.3) is 0 Å². The fourth-order valence-corrected chi connectivity index (χ4v) is 2.77. The zero-order chi connectivity index (χ0) is 14.0. The zero-order valence-electron chi connectivity index (χ0n) is 12.6. The Balaban J connectivity index is 0.00000161. The largest absolute Gasteiger partial charge is 0.337 e. The van der Waals surface area contributed by atoms with E-state index in [1.54, 1.807) is 0 Å². The molecule has 0 amide bonds. The van der Waals surface area contributed by atoms with Gasteiger partial charge in [-0.25, -0.2) is 0 Å². The van der Waals surface area contributed by atoms with Gasteiger partial charge in [0.2, 0.25) is 5.89 Å². The maximum Gasteiger partial charge on any atom is 0.246 e. The van der Waals surface area contributed by atoms with Crippen LogP contribution in [0.4, 0.5) is 0 Å². The SMILES string of the molecule is Cc1ccccc1Cc1noc(C2(C)CCCCN2)n1.Cl. The molecule has 5 heteroatoms. The molecule has 1 saturated heterocycles. The van der Waals surface area contributed by atoms with Crippen molar-refractivity contribution < 1.29 is 4.52 Å². The van der Waals surface area contributed by atoms with Crippen molar-refractivity contribution in [3.8, 4) is 0 Å². The minimum atomic E-state index is -0.158. The van der Waals surface area contributed by atoms with E-state index in [1.807, 2.05) is 12.1 Å². The van der Waals surface area contributed by atoms with Crippen LogP contribution in [0.15, 0.2) is 28.8 Å². The lowest BCUT2D eigenvalue weighted by atomic mass is 9.91. The minimum absolute atomic E-state index is 0. The van der Waals surface area contributed by atoms with Gasteiger partial charge in [-0.2, -0.15) is 4.98 Å². The van der Waals surface area contributed by atoms with E-state index in [2.05, 4.69) is 41.4 Å². The molecule has 1 aliphatic heterocycles. The smallest absolute Gasteiger partial charge is 0.246 e. The molecule has 1 aromatic heterocycles. The number of piperidine rings is 1. The topological polar surface area (TPSA) is 51.0 Å². The molecule has 1 aliphatic rings. The number of nitrogens with zero attached hydrogens (tertiary/aromatic N) is 2. The van der Waals surface area contributed by atoms with Crippen LogP contribution in [0.2, 0.25) is 0 Å². The minimum Gasteiger partial charge on any atom is -0.337 e. The molecule has 2 heterocycles. The van der Waals surface area contributed by atoms with Crippen LogP contribution in [-0.2, 0) is 12.0 Å². The number of halogens is 1. The number of aryl methyl sites for hydroxylation is 1. The molecule has 0 aliphatic carbocycles. The van der Waals surface area contributed by atoms with Crippen LogP contribution in [-0.4, -0.2) is 16.7 Å². The highest BCUT2D eigenvalue weighted by Crippen LogP contribution is 2.28. The monoisotopic (exact) mass is 307 g/mol. The van der Waals surface area contributed by atoms with Crippen LogP contribution in [0.5, 0.6) is 0 Å². The number of hydrogen-bond donors (Lipinski definition) is 1. The van der Waals surface area contributed by atoms with Gasteiger partial charge in [-0.3, -0.25) is 0 Å². The molecule has 114 valence electrons. The first kappa shape index (κ1) is 16.0. The van der Waals surface area contributed by atoms with Crippen molar-refractivity contribution in [2.75, 3.05) is 6.54 Å². The van der Waals surface area contributed by atoms with Gasteiger partial charge in [-0.15, -0.1) is 12.4 Å². The number of rotatable bonds is 3. The van der Waals surface area contributed by atoms with Gasteiger partial charge in [0, 0.05) is 6.42 Å². The van der Waals surface area contributed by atoms with Crippen molar-refractivity contribution in [1.29, 1.82) is 0 Å². The second kappa shape index (κ2) is 6.58. The summed E-state index contributed by atoms with van der Waals surface area (Å²) in [5.74, 6) is 1.49. The van der Waals surface area contributed by atoms with E-state index in [0.29, 0.717) is 0 Å². The molecule has 0 radical (unpaired) electrons. The summed E-state index contributed by atoms with van der Waals surface area (Å²) in [6.07, 6.45) is 4.21. The molecule has 1 atom stereocenters. The molecule has 1 N–H and O–H groups in total. The molecule has 0 spiro atoms. The van der Waals surface area contributed by atoms with Crippen molar-refractivity contribution in [3.05, 3.63) is 47.1 Å². The number of nitrogens with one attached hydrogen (secondary N) is 1. The molecule has 4 nitrogen and oxygen atoms in total. The zero-order valence-corrected chi connectivity index (χ0v) is 13.4. The standard InChI is InChI=1S/C16H21N3O.ClH/c1-12-7-3-4-8-13(12)11-14-18-15(20-19-14)16(2)9-5-6-10-17-16;/h3-4,7-8,17H,5-6,9-11H2,1-2H3;1H. The highest BCUT2D eigenvalue weighted by Gasteiger charge is 2.34. The fourth-order valence-electron chi connectivity index (χ4n) is 2.77. The summed E-state index contributed by atoms with van der Waals surface area (Å²) in [6, 6.07) is 8.33. The van der Waals surface area contributed by atoms with Crippen LogP contribution in [0.3, 0.4) is 0 Å². The van der Waals surface area contributed by atoms with E-state index < -0.39 is 0 Å². The summed E-state index contributed by atoms with van der Waals surface area (Å²) >= 11 is 0. The Morgan fingerprint density at radius 1 is 1.29 bits per heavy atom. The Labute approximate surface area is 131 Å². The lowest BCUT2D eigenvalue weighted by molar-refractivity contribution is 0.206. The summed E-state index contributed by atoms with van der Waals surface area (Å²) in [7, 11) is 0. The van der Waals surface area contributed by atoms with Crippen LogP contribution in [0.1, 0.15) is 49.0 Å². The van der Waals surface area contributed by atoms with E-state index in [1.165, 1.54) is 24.0 Å². The summed E-state index contributed by atoms with van der Waals surface area (Å²) < 4.78 is 5.50. The first-order chi connectivity index (χ1) is 9.67. The van der Waals surface area contributed by atoms with Crippen molar-refractivity contribution in [3.63, 3.8) is 0 Å². The maximum atomic E-state index is 5.50. The second-order valence-corrected chi connectivity index (χ2v) is 5.84. The predicted molar refractivity (Wildman–Crippen MR) is 84.7 cm³/mol. The Kier molecular flexibility index (Phi) is 5.01. The molecule has 3 rings (SSSR count). The predicted octanol–water partition coefficient (Wildman–Crippen LogP) is 3.38. The quantitative estimate of drug-likeness (QED) is 0.944. The lowest BCUT2D eigenvalue weighted by Crippen LogP contribution is -2.43. The third-order valence-electron chi connectivity index (χ3n) is 4.17. The van der Waals surface area contributed by atoms with Gasteiger partial charge >= 0.3 is 0 Å². The van der Waals surface area contributed by atoms with Crippen molar-refractivity contribution >= 4 is 12.4 Å². The Morgan fingerprint density at radius 2 is 2.10 bits per heavy atom. The summed E-state index contributed by atoms with van der Waals surface area (Å²) in [5.41, 5.74) is 2.36. The summed E-state index contributed by atoms with van der Waals surface area (Å²) in [4.78, 5) is 4.60. The molecule has 1 unspecified atom stereocenters. The first-order valence-corrected chi connectivity index (χ1v) is 7.30. The van der Waals surface area contributed by atoms with Gasteiger partial charge in [-0.05, 0) is 50.8 Å². The van der Waals surface area contributed by atoms with Crippen molar-refractivity contribution in [2.24, 2.45) is 0 Å². The van der Waals surface area contributed by atoms with E-state index in [9.17, 15) is 0 Å². The third-order valence-corrected chi connectivity index (χ3v) is 4.17. The van der Waals surface area contributed by atoms with Gasteiger partial charge in [0.15, 0.2) is 5.82 Å². The number of aromatic nitrogens is 2. The van der Waals surface area contributed by atoms with E-state index in [4.69, 9.17) is 4.52 Å². The van der Waals surface area contributed by atoms with Crippen molar-refractivity contribution in [1.82, 2.24) is 15.5 Å². The summed E-state index contributed by atoms with van der Waals surface area (Å²) in [5, 5.41) is 7.65. The average molecular weight is 308 g/mol. The molecule has 0 saturated carbocycles. The Morgan fingerprint density at radius 3 is 2.81 bits per heavy atom. The normalized spacial score (nSPS) is 21.8. The third kappa shape index (κ3) is 3.44. The molecular formula is C16H22ClN3O. The molecule has 2 aromatic rings. The van der Waals surface area contributed by atoms with Gasteiger partial charge in [-0.1, -0.05) is 29.4 Å². The first-order valence-electron chi connectivity index (χ1n) is 7.30. The Hall–Kier alpha value is -1.39. The second-order valence-electron chi connectivity index (χ2n) is 5.84. The number of hydrogen-bond acceptors (Lipinski definition) is 4. The lowest BCUT2D eigenvalue weighted by Gasteiger charge is -2.31. The maximum absolute atomic E-state index is 5.50. The van der Waals surface area contributed by atoms with Gasteiger partial charge in [0.05, 0.1) is 5.54 Å². The molecule has 0 bridgehead atoms. The molecule has 21 heavy (non-hydrogen) atoms. The van der Waals surface area contributed by atoms with Crippen LogP contribution >= 0.6 is 12.4 Å². The highest BCUT2D eigenvalue weighted by atomic mass is 35.5. The van der Waals surface area contributed by atoms with Gasteiger partial charge < -0.3 is 9.84 Å². The molecule has 1 aromatic carbocycles. The Bertz CT molecular complexity index is 591. The summed E-state index contributed by atoms with van der Waals surface area (Å²) in [6.45, 7) is 5.28.